The molecule has 0 radical (unpaired) electrons. The van der Waals surface area contributed by atoms with E-state index in [1.165, 1.54) is 12.8 Å². The predicted octanol–water partition coefficient (Wildman–Crippen LogP) is 5.62. The molecule has 1 aromatic heterocycles. The highest BCUT2D eigenvalue weighted by Gasteiger charge is 2.19. The summed E-state index contributed by atoms with van der Waals surface area (Å²) in [5.74, 6) is 0.984. The number of anilines is 2. The van der Waals surface area contributed by atoms with Gasteiger partial charge in [0.05, 0.1) is 6.54 Å². The van der Waals surface area contributed by atoms with Crippen molar-refractivity contribution in [3.05, 3.63) is 94.9 Å². The van der Waals surface area contributed by atoms with Gasteiger partial charge >= 0.3 is 0 Å². The average Bonchev–Trinajstić information content (AvgIpc) is 3.42. The summed E-state index contributed by atoms with van der Waals surface area (Å²) >= 11 is 6.29. The maximum absolute atomic E-state index is 12.9. The Hall–Kier alpha value is -3.97. The molecule has 1 aliphatic carbocycles. The second-order valence-electron chi connectivity index (χ2n) is 9.72. The van der Waals surface area contributed by atoms with Crippen molar-refractivity contribution in [1.82, 2.24) is 15.3 Å². The van der Waals surface area contributed by atoms with E-state index in [2.05, 4.69) is 20.6 Å². The van der Waals surface area contributed by atoms with Gasteiger partial charge in [-0.1, -0.05) is 73.0 Å². The number of amides is 2. The lowest BCUT2D eigenvalue weighted by Crippen LogP contribution is -2.40. The second-order valence-corrected chi connectivity index (χ2v) is 10.1. The smallest absolute Gasteiger partial charge is 0.256 e. The first kappa shape index (κ1) is 25.7. The van der Waals surface area contributed by atoms with Crippen LogP contribution in [0.5, 0.6) is 0 Å². The van der Waals surface area contributed by atoms with Crippen LogP contribution in [0.3, 0.4) is 0 Å². The number of likely N-dealkylation sites (N-methyl/N-ethyl adjacent to an activating group) is 1. The first-order valence-corrected chi connectivity index (χ1v) is 13.2. The third-order valence-corrected chi connectivity index (χ3v) is 7.02. The van der Waals surface area contributed by atoms with E-state index in [0.717, 1.165) is 29.2 Å². The fraction of sp³-hybridized carbons (Fsp3) is 0.267. The molecule has 0 atom stereocenters. The Labute approximate surface area is 227 Å². The number of rotatable bonds is 8. The number of aromatic nitrogens is 2. The van der Waals surface area contributed by atoms with Crippen molar-refractivity contribution in [2.24, 2.45) is 0 Å². The van der Waals surface area contributed by atoms with Crippen LogP contribution in [-0.4, -0.2) is 41.4 Å². The highest BCUT2D eigenvalue weighted by Crippen LogP contribution is 2.22. The van der Waals surface area contributed by atoms with Crippen LogP contribution in [0.4, 0.5) is 11.5 Å². The lowest BCUT2D eigenvalue weighted by Gasteiger charge is -2.20. The van der Waals surface area contributed by atoms with Gasteiger partial charge in [-0.15, -0.1) is 0 Å². The average molecular weight is 528 g/mol. The van der Waals surface area contributed by atoms with Crippen molar-refractivity contribution < 1.29 is 9.59 Å². The minimum absolute atomic E-state index is 0.0168. The lowest BCUT2D eigenvalue weighted by atomic mass is 10.0. The molecule has 38 heavy (non-hydrogen) atoms. The molecule has 1 heterocycles. The van der Waals surface area contributed by atoms with Gasteiger partial charge in [0, 0.05) is 36.8 Å². The maximum atomic E-state index is 12.9. The fourth-order valence-corrected chi connectivity index (χ4v) is 5.07. The number of carbonyl (C=O) groups excluding carboxylic acids is 2. The van der Waals surface area contributed by atoms with E-state index in [9.17, 15) is 9.59 Å². The molecule has 1 fully saturated rings. The molecule has 1 saturated carbocycles. The molecule has 0 spiro atoms. The summed E-state index contributed by atoms with van der Waals surface area (Å²) in [4.78, 5) is 36.2. The standard InChI is InChI=1S/C30H30ClN5O2/c1-36(19-29(37)32-22-9-3-4-10-22)28-18-26(31)34-27(35-28)17-20-13-15-23(16-14-20)33-30(38)25-12-6-8-21-7-2-5-11-24(21)25/h2,5-8,11-16,18,22H,3-4,9-10,17,19H2,1H3,(H,32,37)(H,33,38). The van der Waals surface area contributed by atoms with Gasteiger partial charge in [-0.05, 0) is 47.4 Å². The van der Waals surface area contributed by atoms with Crippen LogP contribution < -0.4 is 15.5 Å². The first-order chi connectivity index (χ1) is 18.4. The number of nitrogens with zero attached hydrogens (tertiary/aromatic N) is 3. The third kappa shape index (κ3) is 6.29. The van der Waals surface area contributed by atoms with Gasteiger partial charge in [0.2, 0.25) is 5.91 Å². The zero-order chi connectivity index (χ0) is 26.5. The molecule has 5 rings (SSSR count). The van der Waals surface area contributed by atoms with Gasteiger partial charge in [0.1, 0.15) is 16.8 Å². The molecule has 7 nitrogen and oxygen atoms in total. The number of hydrogen-bond donors (Lipinski definition) is 2. The Morgan fingerprint density at radius 1 is 0.974 bits per heavy atom. The van der Waals surface area contributed by atoms with E-state index in [4.69, 9.17) is 11.6 Å². The van der Waals surface area contributed by atoms with Crippen molar-refractivity contribution in [2.75, 3.05) is 23.8 Å². The lowest BCUT2D eigenvalue weighted by molar-refractivity contribution is -0.120. The van der Waals surface area contributed by atoms with Gasteiger partial charge in [-0.25, -0.2) is 9.97 Å². The number of carbonyl (C=O) groups is 2. The summed E-state index contributed by atoms with van der Waals surface area (Å²) in [7, 11) is 1.82. The molecule has 2 N–H and O–H groups in total. The number of fused-ring (bicyclic) bond motifs is 1. The number of benzene rings is 3. The summed E-state index contributed by atoms with van der Waals surface area (Å²) in [5, 5.41) is 8.35. The quantitative estimate of drug-likeness (QED) is 0.290. The molecule has 0 saturated heterocycles. The Balaban J connectivity index is 1.22. The Morgan fingerprint density at radius 3 is 2.50 bits per heavy atom. The van der Waals surface area contributed by atoms with Gasteiger partial charge in [-0.3, -0.25) is 9.59 Å². The number of nitrogens with one attached hydrogen (secondary N) is 2. The molecular weight excluding hydrogens is 498 g/mol. The minimum atomic E-state index is -0.155. The van der Waals surface area contributed by atoms with Gasteiger partial charge < -0.3 is 15.5 Å². The van der Waals surface area contributed by atoms with Crippen LogP contribution in [0.2, 0.25) is 5.15 Å². The summed E-state index contributed by atoms with van der Waals surface area (Å²) in [6, 6.07) is 23.1. The monoisotopic (exact) mass is 527 g/mol. The second kappa shape index (κ2) is 11.6. The summed E-state index contributed by atoms with van der Waals surface area (Å²) in [6.45, 7) is 0.203. The van der Waals surface area contributed by atoms with Gasteiger partial charge in [0.15, 0.2) is 0 Å². The van der Waals surface area contributed by atoms with E-state index < -0.39 is 0 Å². The van der Waals surface area contributed by atoms with Crippen LogP contribution in [-0.2, 0) is 11.2 Å². The van der Waals surface area contributed by atoms with E-state index in [-0.39, 0.29) is 24.4 Å². The molecule has 0 bridgehead atoms. The summed E-state index contributed by atoms with van der Waals surface area (Å²) in [5.41, 5.74) is 2.31. The van der Waals surface area contributed by atoms with E-state index in [1.807, 2.05) is 73.8 Å². The molecular formula is C30H30ClN5O2. The molecule has 8 heteroatoms. The highest BCUT2D eigenvalue weighted by atomic mass is 35.5. The van der Waals surface area contributed by atoms with E-state index in [0.29, 0.717) is 34.5 Å². The molecule has 0 unspecified atom stereocenters. The topological polar surface area (TPSA) is 87.2 Å². The van der Waals surface area contributed by atoms with E-state index in [1.54, 1.807) is 11.0 Å². The fourth-order valence-electron chi connectivity index (χ4n) is 4.88. The molecule has 3 aromatic carbocycles. The first-order valence-electron chi connectivity index (χ1n) is 12.9. The Bertz CT molecular complexity index is 1450. The zero-order valence-corrected chi connectivity index (χ0v) is 22.0. The van der Waals surface area contributed by atoms with Crippen LogP contribution in [0.1, 0.15) is 47.4 Å². The zero-order valence-electron chi connectivity index (χ0n) is 21.3. The summed E-state index contributed by atoms with van der Waals surface area (Å²) < 4.78 is 0. The largest absolute Gasteiger partial charge is 0.352 e. The van der Waals surface area contributed by atoms with Crippen molar-refractivity contribution in [1.29, 1.82) is 0 Å². The molecule has 1 aliphatic rings. The van der Waals surface area contributed by atoms with Crippen molar-refractivity contribution in [3.63, 3.8) is 0 Å². The van der Waals surface area contributed by atoms with E-state index >= 15 is 0 Å². The Kier molecular flexibility index (Phi) is 7.84. The molecule has 4 aromatic rings. The highest BCUT2D eigenvalue weighted by molar-refractivity contribution is 6.29. The molecule has 194 valence electrons. The van der Waals surface area contributed by atoms with Crippen LogP contribution in [0, 0.1) is 0 Å². The van der Waals surface area contributed by atoms with Crippen LogP contribution in [0.25, 0.3) is 10.8 Å². The maximum Gasteiger partial charge on any atom is 0.256 e. The van der Waals surface area contributed by atoms with Gasteiger partial charge in [-0.2, -0.15) is 0 Å². The number of halogens is 1. The van der Waals surface area contributed by atoms with Crippen molar-refractivity contribution >= 4 is 45.7 Å². The Morgan fingerprint density at radius 2 is 1.71 bits per heavy atom. The molecule has 0 aliphatic heterocycles. The van der Waals surface area contributed by atoms with Crippen LogP contribution >= 0.6 is 11.6 Å². The predicted molar refractivity (Wildman–Crippen MR) is 152 cm³/mol. The molecule has 2 amide bonds. The van der Waals surface area contributed by atoms with Crippen molar-refractivity contribution in [3.8, 4) is 0 Å². The van der Waals surface area contributed by atoms with Gasteiger partial charge in [0.25, 0.3) is 5.91 Å². The van der Waals surface area contributed by atoms with Crippen LogP contribution in [0.15, 0.2) is 72.8 Å². The summed E-state index contributed by atoms with van der Waals surface area (Å²) in [6.07, 6.45) is 4.90. The van der Waals surface area contributed by atoms with Crippen molar-refractivity contribution in [2.45, 2.75) is 38.1 Å². The normalized spacial score (nSPS) is 13.4. The number of hydrogen-bond acceptors (Lipinski definition) is 5. The SMILES string of the molecule is CN(CC(=O)NC1CCCC1)c1cc(Cl)nc(Cc2ccc(NC(=O)c3cccc4ccccc34)cc2)n1. The third-order valence-electron chi connectivity index (χ3n) is 6.83. The minimum Gasteiger partial charge on any atom is -0.352 e.